The summed E-state index contributed by atoms with van der Waals surface area (Å²) in [6.07, 6.45) is 4.42. The van der Waals surface area contributed by atoms with Gasteiger partial charge in [-0.1, -0.05) is 12.1 Å². The molecule has 0 bridgehead atoms. The van der Waals surface area contributed by atoms with Gasteiger partial charge in [0.25, 0.3) is 0 Å². The highest BCUT2D eigenvalue weighted by Gasteiger charge is 2.31. The molecule has 150 valence electrons. The molecule has 3 aromatic rings. The molecular weight excluding hydrogens is 390 g/mol. The molecule has 0 unspecified atom stereocenters. The van der Waals surface area contributed by atoms with E-state index in [1.807, 2.05) is 35.1 Å². The Hall–Kier alpha value is -3.17. The summed E-state index contributed by atoms with van der Waals surface area (Å²) in [7, 11) is -3.76. The van der Waals surface area contributed by atoms with Gasteiger partial charge < -0.3 is 5.11 Å². The van der Waals surface area contributed by atoms with E-state index in [0.717, 1.165) is 29.1 Å². The molecule has 3 N–H and O–H groups in total. The highest BCUT2D eigenvalue weighted by Crippen LogP contribution is 2.37. The fourth-order valence-electron chi connectivity index (χ4n) is 3.38. The van der Waals surface area contributed by atoms with E-state index in [1.54, 1.807) is 30.3 Å². The fraction of sp³-hybridized carbons (Fsp3) is 0.200. The van der Waals surface area contributed by atoms with Gasteiger partial charge in [-0.15, -0.1) is 0 Å². The third kappa shape index (κ3) is 3.87. The minimum atomic E-state index is -3.76. The number of benzene rings is 2. The van der Waals surface area contributed by atoms with Crippen LogP contribution in [0.25, 0.3) is 0 Å². The molecule has 1 aliphatic heterocycles. The average Bonchev–Trinajstić information content (AvgIpc) is 3.34. The Morgan fingerprint density at radius 3 is 2.59 bits per heavy atom. The van der Waals surface area contributed by atoms with Gasteiger partial charge in [0, 0.05) is 30.3 Å². The first-order chi connectivity index (χ1) is 13.8. The number of aryl methyl sites for hydroxylation is 1. The second-order valence-electron chi connectivity index (χ2n) is 6.83. The number of sulfonamides is 1. The predicted molar refractivity (Wildman–Crippen MR) is 110 cm³/mol. The molecule has 29 heavy (non-hydrogen) atoms. The van der Waals surface area contributed by atoms with Crippen LogP contribution in [0.5, 0.6) is 5.75 Å². The lowest BCUT2D eigenvalue weighted by Gasteiger charge is -2.22. The molecule has 0 fully saturated rings. The number of phenols is 1. The van der Waals surface area contributed by atoms with Crippen LogP contribution in [0.15, 0.2) is 70.9 Å². The summed E-state index contributed by atoms with van der Waals surface area (Å²) in [5.41, 5.74) is 3.40. The maximum atomic E-state index is 11.6. The van der Waals surface area contributed by atoms with Crippen molar-refractivity contribution >= 4 is 21.4 Å². The monoisotopic (exact) mass is 411 g/mol. The third-order valence-corrected chi connectivity index (χ3v) is 5.81. The van der Waals surface area contributed by atoms with E-state index in [4.69, 9.17) is 10.2 Å². The highest BCUT2D eigenvalue weighted by atomic mass is 32.2. The quantitative estimate of drug-likeness (QED) is 0.670. The first-order valence-electron chi connectivity index (χ1n) is 9.16. The Bertz CT molecular complexity index is 1170. The molecule has 0 amide bonds. The van der Waals surface area contributed by atoms with Crippen molar-refractivity contribution in [3.8, 4) is 5.75 Å². The molecule has 0 radical (unpaired) electrons. The highest BCUT2D eigenvalue weighted by molar-refractivity contribution is 7.89. The van der Waals surface area contributed by atoms with Crippen LogP contribution in [0, 0.1) is 0 Å². The molecule has 9 heteroatoms. The van der Waals surface area contributed by atoms with E-state index >= 15 is 0 Å². The van der Waals surface area contributed by atoms with Crippen molar-refractivity contribution < 1.29 is 13.5 Å². The summed E-state index contributed by atoms with van der Waals surface area (Å²) in [5, 5.41) is 26.0. The second-order valence-corrected chi connectivity index (χ2v) is 8.39. The fourth-order valence-corrected chi connectivity index (χ4v) is 3.90. The molecule has 0 saturated carbocycles. The number of rotatable bonds is 5. The zero-order valence-electron chi connectivity index (χ0n) is 15.8. The largest absolute Gasteiger partial charge is 0.508 e. The minimum absolute atomic E-state index is 0.0491. The van der Waals surface area contributed by atoms with E-state index in [-0.39, 0.29) is 16.7 Å². The van der Waals surface area contributed by atoms with Crippen LogP contribution in [0.2, 0.25) is 0 Å². The molecule has 8 nitrogen and oxygen atoms in total. The molecule has 1 atom stereocenters. The molecule has 4 rings (SSSR count). The van der Waals surface area contributed by atoms with Crippen molar-refractivity contribution in [1.82, 2.24) is 9.78 Å². The lowest BCUT2D eigenvalue weighted by molar-refractivity contribution is 0.475. The summed E-state index contributed by atoms with van der Waals surface area (Å²) >= 11 is 0. The third-order valence-electron chi connectivity index (χ3n) is 4.88. The summed E-state index contributed by atoms with van der Waals surface area (Å²) < 4.78 is 25.0. The number of hydrogen-bond donors (Lipinski definition) is 2. The van der Waals surface area contributed by atoms with Crippen molar-refractivity contribution in [2.24, 2.45) is 10.2 Å². The predicted octanol–water partition coefficient (Wildman–Crippen LogP) is 2.61. The second kappa shape index (κ2) is 7.34. The zero-order valence-corrected chi connectivity index (χ0v) is 16.6. The van der Waals surface area contributed by atoms with E-state index in [2.05, 4.69) is 5.10 Å². The van der Waals surface area contributed by atoms with Crippen molar-refractivity contribution in [2.45, 2.75) is 30.8 Å². The first kappa shape index (κ1) is 19.2. The normalized spacial score (nSPS) is 16.8. The molecule has 1 aromatic heterocycles. The number of nitrogens with zero attached hydrogens (tertiary/aromatic N) is 4. The van der Waals surface area contributed by atoms with E-state index in [0.29, 0.717) is 6.42 Å². The summed E-state index contributed by atoms with van der Waals surface area (Å²) in [6.45, 7) is 2.78. The maximum absolute atomic E-state index is 11.6. The van der Waals surface area contributed by atoms with Gasteiger partial charge in [-0.05, 0) is 43.3 Å². The number of phenolic OH excluding ortho intramolecular Hbond substituents is 1. The van der Waals surface area contributed by atoms with Gasteiger partial charge in [0.2, 0.25) is 10.0 Å². The zero-order chi connectivity index (χ0) is 20.6. The van der Waals surface area contributed by atoms with Crippen molar-refractivity contribution in [1.29, 1.82) is 0 Å². The Morgan fingerprint density at radius 2 is 1.97 bits per heavy atom. The Labute approximate surface area is 168 Å². The van der Waals surface area contributed by atoms with E-state index < -0.39 is 10.0 Å². The lowest BCUT2D eigenvalue weighted by Crippen LogP contribution is -2.18. The van der Waals surface area contributed by atoms with Crippen molar-refractivity contribution in [2.75, 3.05) is 5.01 Å². The SMILES string of the molecule is CCn1cc([C@@H]2CC(c3cccc(O)c3)=NN2c2ccc(S(N)(=O)=O)cc2)cn1. The molecular formula is C20H21N5O3S. The molecule has 0 saturated heterocycles. The number of primary sulfonamides is 1. The number of aromatic hydroxyl groups is 1. The minimum Gasteiger partial charge on any atom is -0.508 e. The molecule has 2 heterocycles. The number of aromatic nitrogens is 2. The average molecular weight is 411 g/mol. The van der Waals surface area contributed by atoms with Gasteiger partial charge in [-0.25, -0.2) is 13.6 Å². The standard InChI is InChI=1S/C20H21N5O3S/c1-2-24-13-15(12-22-24)20-11-19(14-4-3-5-17(26)10-14)23-25(20)16-6-8-18(9-7-16)29(21,27)28/h3-10,12-13,20,26H,2,11H2,1H3,(H2,21,27,28)/t20-/m0/s1. The summed E-state index contributed by atoms with van der Waals surface area (Å²) in [5.74, 6) is 0.177. The Morgan fingerprint density at radius 1 is 1.21 bits per heavy atom. The number of hydrogen-bond acceptors (Lipinski definition) is 6. The lowest BCUT2D eigenvalue weighted by atomic mass is 10.0. The molecule has 2 aromatic carbocycles. The summed E-state index contributed by atoms with van der Waals surface area (Å²) in [4.78, 5) is 0.0491. The van der Waals surface area contributed by atoms with Crippen LogP contribution < -0.4 is 10.1 Å². The Balaban J connectivity index is 1.74. The van der Waals surface area contributed by atoms with Gasteiger partial charge in [-0.2, -0.15) is 10.2 Å². The van der Waals surface area contributed by atoms with Gasteiger partial charge in [-0.3, -0.25) is 9.69 Å². The van der Waals surface area contributed by atoms with Crippen molar-refractivity contribution in [3.05, 3.63) is 72.1 Å². The van der Waals surface area contributed by atoms with Gasteiger partial charge in [0.1, 0.15) is 5.75 Å². The first-order valence-corrected chi connectivity index (χ1v) is 10.7. The maximum Gasteiger partial charge on any atom is 0.238 e. The van der Waals surface area contributed by atoms with Crippen LogP contribution >= 0.6 is 0 Å². The smallest absolute Gasteiger partial charge is 0.238 e. The van der Waals surface area contributed by atoms with Gasteiger partial charge in [0.15, 0.2) is 0 Å². The van der Waals surface area contributed by atoms with Crippen LogP contribution in [0.4, 0.5) is 5.69 Å². The number of hydrazone groups is 1. The number of anilines is 1. The molecule has 0 aliphatic carbocycles. The molecule has 0 spiro atoms. The van der Waals surface area contributed by atoms with Crippen LogP contribution in [0.3, 0.4) is 0 Å². The van der Waals surface area contributed by atoms with Gasteiger partial charge >= 0.3 is 0 Å². The van der Waals surface area contributed by atoms with Crippen LogP contribution in [-0.2, 0) is 16.6 Å². The Kier molecular flexibility index (Phi) is 4.85. The molecule has 1 aliphatic rings. The van der Waals surface area contributed by atoms with Crippen LogP contribution in [-0.4, -0.2) is 29.0 Å². The number of nitrogens with two attached hydrogens (primary N) is 1. The van der Waals surface area contributed by atoms with E-state index in [9.17, 15) is 13.5 Å². The van der Waals surface area contributed by atoms with Crippen molar-refractivity contribution in [3.63, 3.8) is 0 Å². The van der Waals surface area contributed by atoms with Gasteiger partial charge in [0.05, 0.1) is 28.5 Å². The van der Waals surface area contributed by atoms with Crippen LogP contribution in [0.1, 0.15) is 30.5 Å². The summed E-state index contributed by atoms with van der Waals surface area (Å²) in [6, 6.07) is 13.2. The topological polar surface area (TPSA) is 114 Å². The van der Waals surface area contributed by atoms with E-state index in [1.165, 1.54) is 12.1 Å².